The molecule has 9 heavy (non-hydrogen) atoms. The molecule has 0 radical (unpaired) electrons. The number of carbonyl (C=O) groups excluding carboxylic acids is 4. The van der Waals surface area contributed by atoms with E-state index in [9.17, 15) is 19.2 Å². The van der Waals surface area contributed by atoms with E-state index < -0.39 is 7.26 Å². The second-order valence-electron chi connectivity index (χ2n) is 1.32. The summed E-state index contributed by atoms with van der Waals surface area (Å²) >= 11 is 0. The molecule has 0 aliphatic heterocycles. The Kier molecular flexibility index (Phi) is 2.88. The van der Waals surface area contributed by atoms with Crippen LogP contribution < -0.4 is 0 Å². The van der Waals surface area contributed by atoms with E-state index in [4.69, 9.17) is 0 Å². The van der Waals surface area contributed by atoms with Crippen molar-refractivity contribution in [2.75, 3.05) is 0 Å². The molecule has 0 heterocycles. The van der Waals surface area contributed by atoms with Crippen molar-refractivity contribution in [2.24, 2.45) is 0 Å². The molecular weight excluding hydrogens is 143 g/mol. The van der Waals surface area contributed by atoms with Gasteiger partial charge in [-0.05, 0) is 0 Å². The van der Waals surface area contributed by atoms with Crippen LogP contribution in [0.4, 0.5) is 0 Å². The van der Waals surface area contributed by atoms with Crippen LogP contribution in [-0.4, -0.2) is 24.1 Å². The van der Waals surface area contributed by atoms with E-state index in [2.05, 4.69) is 0 Å². The molecule has 0 aliphatic carbocycles. The molecule has 0 atom stereocenters. The third-order valence-electron chi connectivity index (χ3n) is 0.730. The van der Waals surface area contributed by atoms with Crippen LogP contribution in [-0.2, 0) is 19.2 Å². The van der Waals surface area contributed by atoms with Crippen molar-refractivity contribution < 1.29 is 19.2 Å². The molecule has 0 saturated heterocycles. The molecule has 0 saturated carbocycles. The van der Waals surface area contributed by atoms with Gasteiger partial charge in [0.15, 0.2) is 0 Å². The predicted octanol–water partition coefficient (Wildman–Crippen LogP) is -0.235. The molecule has 0 bridgehead atoms. The topological polar surface area (TPSA) is 68.3 Å². The summed E-state index contributed by atoms with van der Waals surface area (Å²) in [7, 11) is -3.14. The number of hydrogen-bond donors (Lipinski definition) is 0. The van der Waals surface area contributed by atoms with Crippen molar-refractivity contribution >= 4 is 31.4 Å². The summed E-state index contributed by atoms with van der Waals surface area (Å²) in [6.07, 6.45) is 0. The van der Waals surface area contributed by atoms with Gasteiger partial charge in [-0.15, -0.1) is 0 Å². The molecule has 48 valence electrons. The fraction of sp³-hybridized carbons (Fsp3) is 0. The van der Waals surface area contributed by atoms with E-state index in [0.717, 1.165) is 0 Å². The first-order valence-electron chi connectivity index (χ1n) is 1.98. The van der Waals surface area contributed by atoms with Crippen LogP contribution >= 0.6 is 7.26 Å². The van der Waals surface area contributed by atoms with Crippen LogP contribution in [0.1, 0.15) is 0 Å². The standard InChI is InChI=1S/C4H4O4P/c5-1-9(2-6,3-7)4-8/h1-4H/q+1. The Morgan fingerprint density at radius 2 is 0.889 bits per heavy atom. The molecular formula is C4H4O4P+. The van der Waals surface area contributed by atoms with Crippen molar-refractivity contribution in [1.29, 1.82) is 0 Å². The molecule has 0 spiro atoms. The third kappa shape index (κ3) is 1.50. The number of rotatable bonds is 4. The zero-order valence-corrected chi connectivity index (χ0v) is 5.28. The second-order valence-corrected chi connectivity index (χ2v) is 3.95. The maximum absolute atomic E-state index is 9.88. The summed E-state index contributed by atoms with van der Waals surface area (Å²) in [6.45, 7) is 0. The highest BCUT2D eigenvalue weighted by atomic mass is 31.2. The molecule has 0 unspecified atom stereocenters. The van der Waals surface area contributed by atoms with Crippen molar-refractivity contribution in [2.45, 2.75) is 0 Å². The fourth-order valence-electron chi connectivity index (χ4n) is 0.149. The number of hydrogen-bond acceptors (Lipinski definition) is 4. The largest absolute Gasteiger partial charge is 0.280 e. The summed E-state index contributed by atoms with van der Waals surface area (Å²) in [6, 6.07) is 0.444. The minimum atomic E-state index is -3.14. The first-order valence-corrected chi connectivity index (χ1v) is 4.04. The van der Waals surface area contributed by atoms with Crippen LogP contribution in [0.25, 0.3) is 0 Å². The molecule has 4 nitrogen and oxygen atoms in total. The van der Waals surface area contributed by atoms with Gasteiger partial charge in [-0.2, -0.15) is 0 Å². The molecule has 0 aromatic carbocycles. The summed E-state index contributed by atoms with van der Waals surface area (Å²) in [5.41, 5.74) is 0. The average Bonchev–Trinajstić information content (AvgIpc) is 1.95. The lowest BCUT2D eigenvalue weighted by Crippen LogP contribution is -1.96. The highest BCUT2D eigenvalue weighted by Gasteiger charge is 2.38. The molecule has 0 aromatic rings. The minimum Gasteiger partial charge on any atom is -0.255 e. The van der Waals surface area contributed by atoms with Gasteiger partial charge in [0.05, 0.1) is 0 Å². The first-order chi connectivity index (χ1) is 4.24. The lowest BCUT2D eigenvalue weighted by Gasteiger charge is -1.88. The van der Waals surface area contributed by atoms with Crippen LogP contribution in [0.3, 0.4) is 0 Å². The van der Waals surface area contributed by atoms with Crippen molar-refractivity contribution in [3.05, 3.63) is 0 Å². The van der Waals surface area contributed by atoms with Crippen LogP contribution in [0.15, 0.2) is 0 Å². The van der Waals surface area contributed by atoms with Crippen molar-refractivity contribution in [1.82, 2.24) is 0 Å². The van der Waals surface area contributed by atoms with E-state index in [1.807, 2.05) is 0 Å². The Labute approximate surface area is 51.6 Å². The average molecular weight is 147 g/mol. The Hall–Kier alpha value is -0.890. The lowest BCUT2D eigenvalue weighted by atomic mass is 11.7. The Morgan fingerprint density at radius 1 is 0.667 bits per heavy atom. The summed E-state index contributed by atoms with van der Waals surface area (Å²) < 4.78 is 0. The van der Waals surface area contributed by atoms with Crippen molar-refractivity contribution in [3.8, 4) is 0 Å². The maximum atomic E-state index is 9.88. The predicted molar refractivity (Wildman–Crippen MR) is 33.9 cm³/mol. The Morgan fingerprint density at radius 3 is 0.889 bits per heavy atom. The van der Waals surface area contributed by atoms with E-state index in [1.165, 1.54) is 0 Å². The smallest absolute Gasteiger partial charge is 0.255 e. The summed E-state index contributed by atoms with van der Waals surface area (Å²) in [4.78, 5) is 39.5. The van der Waals surface area contributed by atoms with E-state index >= 15 is 0 Å². The van der Waals surface area contributed by atoms with Gasteiger partial charge < -0.3 is 0 Å². The first kappa shape index (κ1) is 8.11. The molecule has 0 fully saturated rings. The molecule has 0 amide bonds. The summed E-state index contributed by atoms with van der Waals surface area (Å²) in [5, 5.41) is 0. The van der Waals surface area contributed by atoms with E-state index in [-0.39, 0.29) is 24.1 Å². The zero-order chi connectivity index (χ0) is 7.33. The van der Waals surface area contributed by atoms with Gasteiger partial charge in [-0.25, -0.2) is 0 Å². The van der Waals surface area contributed by atoms with Crippen LogP contribution in [0.2, 0.25) is 0 Å². The summed E-state index contributed by atoms with van der Waals surface area (Å²) in [5.74, 6) is 0. The van der Waals surface area contributed by atoms with Gasteiger partial charge in [-0.3, -0.25) is 19.2 Å². The Bertz CT molecular complexity index is 115. The highest BCUT2D eigenvalue weighted by molar-refractivity contribution is 8.20. The van der Waals surface area contributed by atoms with Gasteiger partial charge in [0.25, 0.3) is 31.4 Å². The van der Waals surface area contributed by atoms with Gasteiger partial charge in [0, 0.05) is 0 Å². The molecule has 0 aromatic heterocycles. The minimum absolute atomic E-state index is 0.111. The third-order valence-corrected chi connectivity index (χ3v) is 2.19. The fourth-order valence-corrected chi connectivity index (χ4v) is 0.447. The van der Waals surface area contributed by atoms with Gasteiger partial charge in [0.1, 0.15) is 0 Å². The highest BCUT2D eigenvalue weighted by Crippen LogP contribution is 2.45. The Balaban J connectivity index is 4.53. The van der Waals surface area contributed by atoms with E-state index in [0.29, 0.717) is 0 Å². The van der Waals surface area contributed by atoms with Crippen LogP contribution in [0, 0.1) is 0 Å². The van der Waals surface area contributed by atoms with E-state index in [1.54, 1.807) is 0 Å². The second kappa shape index (κ2) is 3.20. The molecule has 5 heteroatoms. The normalized spacial score (nSPS) is 9.78. The zero-order valence-electron chi connectivity index (χ0n) is 4.39. The van der Waals surface area contributed by atoms with Gasteiger partial charge in [0.2, 0.25) is 0 Å². The molecule has 0 N–H and O–H groups in total. The molecule has 0 aliphatic rings. The van der Waals surface area contributed by atoms with Crippen LogP contribution in [0.5, 0.6) is 0 Å². The number of carbonyl (C=O) groups is 4. The van der Waals surface area contributed by atoms with Gasteiger partial charge in [-0.1, -0.05) is 0 Å². The lowest BCUT2D eigenvalue weighted by molar-refractivity contribution is 0.558. The monoisotopic (exact) mass is 147 g/mol. The van der Waals surface area contributed by atoms with Gasteiger partial charge >= 0.3 is 0 Å². The maximum Gasteiger partial charge on any atom is 0.280 e. The van der Waals surface area contributed by atoms with Crippen molar-refractivity contribution in [3.63, 3.8) is 0 Å². The quantitative estimate of drug-likeness (QED) is 0.406. The molecule has 0 rings (SSSR count). The SMILES string of the molecule is O=C[P+](C=O)(C=O)C=O.